The van der Waals surface area contributed by atoms with Gasteiger partial charge in [0, 0.05) is 11.6 Å². The first-order chi connectivity index (χ1) is 8.23. The van der Waals surface area contributed by atoms with Gasteiger partial charge in [0.1, 0.15) is 5.82 Å². The lowest BCUT2D eigenvalue weighted by Gasteiger charge is -2.17. The van der Waals surface area contributed by atoms with Crippen molar-refractivity contribution >= 4 is 0 Å². The fourth-order valence-corrected chi connectivity index (χ4v) is 1.72. The Hall–Kier alpha value is -1.10. The maximum atomic E-state index is 13.7. The standard InChI is InChI=1S/C13H17F4N/c1-8(2)6-7-11(18)9-4-3-5-10(12(9)14)13(15,16)17/h3-5,8,11H,6-7,18H2,1-2H3/t11-/m0/s1. The van der Waals surface area contributed by atoms with Crippen LogP contribution < -0.4 is 5.73 Å². The third kappa shape index (κ3) is 3.70. The molecule has 1 aromatic carbocycles. The number of benzene rings is 1. The molecule has 2 N–H and O–H groups in total. The van der Waals surface area contributed by atoms with E-state index in [1.165, 1.54) is 12.1 Å². The molecule has 0 spiro atoms. The summed E-state index contributed by atoms with van der Waals surface area (Å²) in [7, 11) is 0. The molecule has 0 aliphatic carbocycles. The Bertz CT molecular complexity index is 398. The van der Waals surface area contributed by atoms with Crippen LogP contribution in [0.15, 0.2) is 18.2 Å². The van der Waals surface area contributed by atoms with Crippen LogP contribution in [-0.2, 0) is 6.18 Å². The molecule has 0 aliphatic rings. The van der Waals surface area contributed by atoms with Gasteiger partial charge in [-0.15, -0.1) is 0 Å². The fraction of sp³-hybridized carbons (Fsp3) is 0.538. The van der Waals surface area contributed by atoms with Gasteiger partial charge in [0.25, 0.3) is 0 Å². The van der Waals surface area contributed by atoms with Gasteiger partial charge in [-0.1, -0.05) is 26.0 Å². The Morgan fingerprint density at radius 2 is 1.78 bits per heavy atom. The van der Waals surface area contributed by atoms with E-state index in [1.807, 2.05) is 13.8 Å². The molecule has 0 aliphatic heterocycles. The molecule has 1 nitrogen and oxygen atoms in total. The van der Waals surface area contributed by atoms with Crippen LogP contribution in [-0.4, -0.2) is 0 Å². The molecule has 0 aromatic heterocycles. The van der Waals surface area contributed by atoms with E-state index < -0.39 is 23.6 Å². The average Bonchev–Trinajstić information content (AvgIpc) is 2.24. The molecule has 1 atom stereocenters. The van der Waals surface area contributed by atoms with Gasteiger partial charge in [0.05, 0.1) is 5.56 Å². The highest BCUT2D eigenvalue weighted by Crippen LogP contribution is 2.34. The SMILES string of the molecule is CC(C)CC[C@H](N)c1cccc(C(F)(F)F)c1F. The van der Waals surface area contributed by atoms with Gasteiger partial charge in [0.15, 0.2) is 0 Å². The van der Waals surface area contributed by atoms with Crippen molar-refractivity contribution in [2.45, 2.75) is 38.9 Å². The predicted molar refractivity (Wildman–Crippen MR) is 62.4 cm³/mol. The summed E-state index contributed by atoms with van der Waals surface area (Å²) in [6, 6.07) is 2.54. The topological polar surface area (TPSA) is 26.0 Å². The van der Waals surface area contributed by atoms with Gasteiger partial charge in [-0.05, 0) is 24.8 Å². The monoisotopic (exact) mass is 263 g/mol. The van der Waals surface area contributed by atoms with Gasteiger partial charge in [-0.25, -0.2) is 4.39 Å². The summed E-state index contributed by atoms with van der Waals surface area (Å²) in [6.07, 6.45) is -3.47. The van der Waals surface area contributed by atoms with E-state index in [2.05, 4.69) is 0 Å². The van der Waals surface area contributed by atoms with Crippen molar-refractivity contribution in [3.05, 3.63) is 35.1 Å². The summed E-state index contributed by atoms with van der Waals surface area (Å²) in [5.74, 6) is -0.869. The highest BCUT2D eigenvalue weighted by molar-refractivity contribution is 5.30. The van der Waals surface area contributed by atoms with Crippen LogP contribution in [0.25, 0.3) is 0 Å². The van der Waals surface area contributed by atoms with Crippen molar-refractivity contribution in [1.82, 2.24) is 0 Å². The van der Waals surface area contributed by atoms with Gasteiger partial charge < -0.3 is 5.73 Å². The quantitative estimate of drug-likeness (QED) is 0.806. The first-order valence-corrected chi connectivity index (χ1v) is 5.84. The second-order valence-electron chi connectivity index (χ2n) is 4.78. The van der Waals surface area contributed by atoms with E-state index >= 15 is 0 Å². The van der Waals surface area contributed by atoms with E-state index in [4.69, 9.17) is 5.73 Å². The van der Waals surface area contributed by atoms with E-state index in [1.54, 1.807) is 0 Å². The van der Waals surface area contributed by atoms with Crippen LogP contribution in [0.4, 0.5) is 17.6 Å². The molecule has 18 heavy (non-hydrogen) atoms. The Labute approximate surface area is 104 Å². The van der Waals surface area contributed by atoms with E-state index in [0.29, 0.717) is 12.3 Å². The third-order valence-electron chi connectivity index (χ3n) is 2.79. The van der Waals surface area contributed by atoms with Crippen LogP contribution in [0, 0.1) is 11.7 Å². The highest BCUT2D eigenvalue weighted by Gasteiger charge is 2.35. The molecule has 0 saturated heterocycles. The lowest BCUT2D eigenvalue weighted by Crippen LogP contribution is -2.16. The number of nitrogens with two attached hydrogens (primary N) is 1. The molecule has 0 fully saturated rings. The third-order valence-corrected chi connectivity index (χ3v) is 2.79. The van der Waals surface area contributed by atoms with Gasteiger partial charge >= 0.3 is 6.18 Å². The molecule has 1 rings (SSSR count). The summed E-state index contributed by atoms with van der Waals surface area (Å²) in [5.41, 5.74) is 4.43. The smallest absolute Gasteiger partial charge is 0.324 e. The molecule has 1 aromatic rings. The number of hydrogen-bond acceptors (Lipinski definition) is 1. The van der Waals surface area contributed by atoms with E-state index in [9.17, 15) is 17.6 Å². The second kappa shape index (κ2) is 5.69. The second-order valence-corrected chi connectivity index (χ2v) is 4.78. The lowest BCUT2D eigenvalue weighted by molar-refractivity contribution is -0.140. The number of alkyl halides is 3. The molecule has 102 valence electrons. The van der Waals surface area contributed by atoms with Crippen LogP contribution in [0.1, 0.15) is 43.9 Å². The van der Waals surface area contributed by atoms with E-state index in [0.717, 1.165) is 12.5 Å². The Kier molecular flexibility index (Phi) is 4.73. The van der Waals surface area contributed by atoms with Crippen LogP contribution in [0.3, 0.4) is 0 Å². The molecule has 0 radical (unpaired) electrons. The molecule has 5 heteroatoms. The van der Waals surface area contributed by atoms with Crippen LogP contribution >= 0.6 is 0 Å². The largest absolute Gasteiger partial charge is 0.419 e. The lowest BCUT2D eigenvalue weighted by atomic mass is 9.96. The molecule has 0 saturated carbocycles. The van der Waals surface area contributed by atoms with Crippen molar-refractivity contribution in [1.29, 1.82) is 0 Å². The van der Waals surface area contributed by atoms with E-state index in [-0.39, 0.29) is 5.56 Å². The number of hydrogen-bond donors (Lipinski definition) is 1. The first kappa shape index (κ1) is 15.0. The molecule has 0 unspecified atom stereocenters. The molecule has 0 amide bonds. The molecular weight excluding hydrogens is 246 g/mol. The molecule has 0 bridgehead atoms. The summed E-state index contributed by atoms with van der Waals surface area (Å²) >= 11 is 0. The van der Waals surface area contributed by atoms with Gasteiger partial charge in [0.2, 0.25) is 0 Å². The zero-order valence-corrected chi connectivity index (χ0v) is 10.4. The fourth-order valence-electron chi connectivity index (χ4n) is 1.72. The van der Waals surface area contributed by atoms with Crippen LogP contribution in [0.2, 0.25) is 0 Å². The number of rotatable bonds is 4. The van der Waals surface area contributed by atoms with Gasteiger partial charge in [-0.2, -0.15) is 13.2 Å². The van der Waals surface area contributed by atoms with Gasteiger partial charge in [-0.3, -0.25) is 0 Å². The normalized spacial score (nSPS) is 14.0. The maximum absolute atomic E-state index is 13.7. The highest BCUT2D eigenvalue weighted by atomic mass is 19.4. The maximum Gasteiger partial charge on any atom is 0.419 e. The number of halogens is 4. The molecular formula is C13H17F4N. The minimum absolute atomic E-state index is 0.0644. The summed E-state index contributed by atoms with van der Waals surface area (Å²) in [6.45, 7) is 3.96. The first-order valence-electron chi connectivity index (χ1n) is 5.84. The zero-order valence-electron chi connectivity index (χ0n) is 10.4. The van der Waals surface area contributed by atoms with Crippen LogP contribution in [0.5, 0.6) is 0 Å². The van der Waals surface area contributed by atoms with Crippen molar-refractivity contribution in [3.8, 4) is 0 Å². The van der Waals surface area contributed by atoms with Crippen molar-refractivity contribution in [2.75, 3.05) is 0 Å². The van der Waals surface area contributed by atoms with Crippen molar-refractivity contribution < 1.29 is 17.6 Å². The molecule has 0 heterocycles. The minimum Gasteiger partial charge on any atom is -0.324 e. The Balaban J connectivity index is 2.96. The average molecular weight is 263 g/mol. The Morgan fingerprint density at radius 1 is 1.17 bits per heavy atom. The minimum atomic E-state index is -4.68. The zero-order chi connectivity index (χ0) is 13.9. The predicted octanol–water partition coefficient (Wildman–Crippen LogP) is 4.28. The summed E-state index contributed by atoms with van der Waals surface area (Å²) in [4.78, 5) is 0. The summed E-state index contributed by atoms with van der Waals surface area (Å²) in [5, 5.41) is 0. The van der Waals surface area contributed by atoms with Crippen molar-refractivity contribution in [3.63, 3.8) is 0 Å². The van der Waals surface area contributed by atoms with Crippen molar-refractivity contribution in [2.24, 2.45) is 11.7 Å². The summed E-state index contributed by atoms with van der Waals surface area (Å²) < 4.78 is 51.3. The Morgan fingerprint density at radius 3 is 2.28 bits per heavy atom.